The molecule has 0 radical (unpaired) electrons. The largest absolute Gasteiger partial charge is 0.504 e. The first-order chi connectivity index (χ1) is 14.0. The second kappa shape index (κ2) is 9.78. The van der Waals surface area contributed by atoms with E-state index in [0.717, 1.165) is 11.1 Å². The van der Waals surface area contributed by atoms with Crippen molar-refractivity contribution in [3.8, 4) is 11.5 Å². The Morgan fingerprint density at radius 1 is 0.862 bits per heavy atom. The molecule has 0 spiro atoms. The fourth-order valence-corrected chi connectivity index (χ4v) is 6.10. The molecule has 0 aliphatic rings. The summed E-state index contributed by atoms with van der Waals surface area (Å²) in [5, 5.41) is 21.0. The Kier molecular flexibility index (Phi) is 7.13. The first-order valence-electron chi connectivity index (χ1n) is 9.72. The maximum atomic E-state index is 14.0. The molecule has 3 rings (SSSR count). The third kappa shape index (κ3) is 5.50. The number of benzene rings is 3. The van der Waals surface area contributed by atoms with Crippen LogP contribution in [0.15, 0.2) is 78.9 Å². The van der Waals surface area contributed by atoms with Crippen molar-refractivity contribution in [1.29, 1.82) is 0 Å². The van der Waals surface area contributed by atoms with Gasteiger partial charge in [-0.3, -0.25) is 0 Å². The Morgan fingerprint density at radius 2 is 1.38 bits per heavy atom. The summed E-state index contributed by atoms with van der Waals surface area (Å²) in [6.07, 6.45) is 2.10. The molecule has 152 valence electrons. The van der Waals surface area contributed by atoms with Crippen molar-refractivity contribution >= 4 is 7.14 Å². The molecule has 0 aliphatic carbocycles. The number of aryl methyl sites for hydroxylation is 2. The average Bonchev–Trinajstić information content (AvgIpc) is 2.77. The van der Waals surface area contributed by atoms with Crippen molar-refractivity contribution in [1.82, 2.24) is 0 Å². The molecule has 3 aromatic rings. The Bertz CT molecular complexity index is 910. The van der Waals surface area contributed by atoms with Crippen LogP contribution >= 0.6 is 7.14 Å². The highest BCUT2D eigenvalue weighted by molar-refractivity contribution is 7.64. The molecule has 3 aromatic carbocycles. The number of rotatable bonds is 9. The molecule has 0 bridgehead atoms. The van der Waals surface area contributed by atoms with E-state index in [0.29, 0.717) is 30.7 Å². The lowest BCUT2D eigenvalue weighted by Crippen LogP contribution is -2.10. The fraction of sp³-hybridized carbons (Fsp3) is 0.250. The van der Waals surface area contributed by atoms with Crippen molar-refractivity contribution in [3.63, 3.8) is 0 Å². The number of ether oxygens (including phenoxy) is 1. The van der Waals surface area contributed by atoms with E-state index in [1.54, 1.807) is 12.1 Å². The summed E-state index contributed by atoms with van der Waals surface area (Å²) in [6, 6.07) is 24.5. The first kappa shape index (κ1) is 21.2. The molecule has 0 heterocycles. The number of phenols is 1. The Morgan fingerprint density at radius 3 is 1.86 bits per heavy atom. The topological polar surface area (TPSA) is 66.8 Å². The van der Waals surface area contributed by atoms with Crippen molar-refractivity contribution < 1.29 is 19.5 Å². The molecule has 4 nitrogen and oxygen atoms in total. The lowest BCUT2D eigenvalue weighted by atomic mass is 10.2. The normalized spacial score (nSPS) is 12.5. The van der Waals surface area contributed by atoms with Crippen LogP contribution in [0.25, 0.3) is 0 Å². The average molecular weight is 410 g/mol. The first-order valence-corrected chi connectivity index (χ1v) is 11.9. The van der Waals surface area contributed by atoms with E-state index in [9.17, 15) is 14.8 Å². The van der Waals surface area contributed by atoms with E-state index in [2.05, 4.69) is 0 Å². The van der Waals surface area contributed by atoms with Gasteiger partial charge in [-0.05, 0) is 41.7 Å². The maximum Gasteiger partial charge on any atom is 0.160 e. The predicted molar refractivity (Wildman–Crippen MR) is 117 cm³/mol. The Labute approximate surface area is 172 Å². The van der Waals surface area contributed by atoms with E-state index >= 15 is 0 Å². The zero-order chi connectivity index (χ0) is 20.7. The van der Waals surface area contributed by atoms with Crippen LogP contribution in [0.2, 0.25) is 0 Å². The molecule has 1 atom stereocenters. The summed E-state index contributed by atoms with van der Waals surface area (Å²) in [7, 11) is -1.54. The quantitative estimate of drug-likeness (QED) is 0.474. The highest BCUT2D eigenvalue weighted by atomic mass is 31.2. The number of aliphatic hydroxyl groups excluding tert-OH is 1. The van der Waals surface area contributed by atoms with Crippen LogP contribution in [0.3, 0.4) is 0 Å². The second-order valence-electron chi connectivity index (χ2n) is 7.18. The summed E-state index contributed by atoms with van der Waals surface area (Å²) in [5.74, 6) is -0.851. The molecule has 5 heteroatoms. The molecule has 0 aromatic heterocycles. The van der Waals surface area contributed by atoms with E-state index in [-0.39, 0.29) is 11.5 Å². The predicted octanol–water partition coefficient (Wildman–Crippen LogP) is 5.24. The molecule has 0 saturated carbocycles. The minimum absolute atomic E-state index is 0.00754. The van der Waals surface area contributed by atoms with Crippen LogP contribution in [0, 0.1) is 0 Å². The fourth-order valence-electron chi connectivity index (χ4n) is 3.41. The van der Waals surface area contributed by atoms with Crippen molar-refractivity contribution in [2.45, 2.75) is 18.7 Å². The zero-order valence-corrected chi connectivity index (χ0v) is 17.5. The van der Waals surface area contributed by atoms with E-state index < -0.39 is 13.0 Å². The van der Waals surface area contributed by atoms with Crippen LogP contribution in [0.4, 0.5) is 0 Å². The summed E-state index contributed by atoms with van der Waals surface area (Å²) in [6.45, 7) is 0. The maximum absolute atomic E-state index is 14.0. The van der Waals surface area contributed by atoms with Gasteiger partial charge >= 0.3 is 0 Å². The van der Waals surface area contributed by atoms with Gasteiger partial charge in [0.1, 0.15) is 13.0 Å². The molecule has 2 N–H and O–H groups in total. The highest BCUT2D eigenvalue weighted by Gasteiger charge is 2.32. The number of hydrogen-bond acceptors (Lipinski definition) is 4. The van der Waals surface area contributed by atoms with Gasteiger partial charge in [-0.25, -0.2) is 0 Å². The Balaban J connectivity index is 1.84. The number of phenolic OH excluding ortho intramolecular Hbond substituents is 1. The summed E-state index contributed by atoms with van der Waals surface area (Å²) in [4.78, 5) is 0. The number of hydrogen-bond donors (Lipinski definition) is 2. The third-order valence-electron chi connectivity index (χ3n) is 5.19. The van der Waals surface area contributed by atoms with Crippen LogP contribution in [-0.2, 0) is 17.4 Å². The molecular weight excluding hydrogens is 383 g/mol. The molecular formula is C24H27O4P. The van der Waals surface area contributed by atoms with Gasteiger partial charge in [0.05, 0.1) is 7.11 Å². The van der Waals surface area contributed by atoms with Gasteiger partial charge in [0.15, 0.2) is 11.5 Å². The van der Waals surface area contributed by atoms with Crippen molar-refractivity contribution in [2.75, 3.05) is 19.4 Å². The smallest absolute Gasteiger partial charge is 0.160 e. The third-order valence-corrected chi connectivity index (χ3v) is 8.34. The van der Waals surface area contributed by atoms with Crippen LogP contribution < -0.4 is 4.74 Å². The van der Waals surface area contributed by atoms with Crippen LogP contribution in [0.1, 0.15) is 22.5 Å². The lowest BCUT2D eigenvalue weighted by Gasteiger charge is -2.25. The standard InChI is InChI=1S/C24H27O4P/c1-28-23-18-21(12-13-22(23)25)24(26)29(27,16-14-19-8-4-2-5-9-19)17-15-20-10-6-3-7-11-20/h2-13,18,24-26H,14-17H2,1H3. The Hall–Kier alpha value is -2.55. The second-order valence-corrected chi connectivity index (χ2v) is 10.5. The van der Waals surface area contributed by atoms with Gasteiger partial charge in [0.2, 0.25) is 0 Å². The van der Waals surface area contributed by atoms with Gasteiger partial charge in [-0.15, -0.1) is 0 Å². The van der Waals surface area contributed by atoms with E-state index in [4.69, 9.17) is 4.74 Å². The molecule has 0 fully saturated rings. The van der Waals surface area contributed by atoms with Crippen LogP contribution in [0.5, 0.6) is 11.5 Å². The van der Waals surface area contributed by atoms with E-state index in [1.165, 1.54) is 13.2 Å². The SMILES string of the molecule is COc1cc(C(O)P(=O)(CCc2ccccc2)CCc2ccccc2)ccc1O. The van der Waals surface area contributed by atoms with Gasteiger partial charge in [0, 0.05) is 12.3 Å². The molecule has 1 unspecified atom stereocenters. The highest BCUT2D eigenvalue weighted by Crippen LogP contribution is 2.58. The van der Waals surface area contributed by atoms with E-state index in [1.807, 2.05) is 60.7 Å². The minimum Gasteiger partial charge on any atom is -0.504 e. The van der Waals surface area contributed by atoms with Gasteiger partial charge in [-0.1, -0.05) is 66.7 Å². The summed E-state index contributed by atoms with van der Waals surface area (Å²) >= 11 is 0. The monoisotopic (exact) mass is 410 g/mol. The van der Waals surface area contributed by atoms with Gasteiger partial charge < -0.3 is 19.5 Å². The molecule has 0 aliphatic heterocycles. The van der Waals surface area contributed by atoms with Gasteiger partial charge in [0.25, 0.3) is 0 Å². The zero-order valence-electron chi connectivity index (χ0n) is 16.6. The lowest BCUT2D eigenvalue weighted by molar-refractivity contribution is 0.251. The number of aliphatic hydroxyl groups is 1. The number of methoxy groups -OCH3 is 1. The molecule has 29 heavy (non-hydrogen) atoms. The summed E-state index contributed by atoms with van der Waals surface area (Å²) in [5.41, 5.74) is 2.70. The molecule has 0 saturated heterocycles. The van der Waals surface area contributed by atoms with Crippen molar-refractivity contribution in [2.24, 2.45) is 0 Å². The molecule has 0 amide bonds. The minimum atomic E-state index is -2.99. The van der Waals surface area contributed by atoms with Crippen molar-refractivity contribution in [3.05, 3.63) is 95.6 Å². The van der Waals surface area contributed by atoms with Crippen LogP contribution in [-0.4, -0.2) is 29.6 Å². The van der Waals surface area contributed by atoms with Gasteiger partial charge in [-0.2, -0.15) is 0 Å². The number of aromatic hydroxyl groups is 1. The summed E-state index contributed by atoms with van der Waals surface area (Å²) < 4.78 is 19.1.